The summed E-state index contributed by atoms with van der Waals surface area (Å²) in [5.74, 6) is -0.850. The van der Waals surface area contributed by atoms with E-state index in [1.165, 1.54) is 18.2 Å². The van der Waals surface area contributed by atoms with E-state index >= 15 is 0 Å². The van der Waals surface area contributed by atoms with Gasteiger partial charge in [0.2, 0.25) is 0 Å². The number of aliphatic hydroxyl groups is 1. The number of rotatable bonds is 3. The molecule has 0 spiro atoms. The van der Waals surface area contributed by atoms with Crippen LogP contribution in [0.4, 0.5) is 8.78 Å². The van der Waals surface area contributed by atoms with Gasteiger partial charge in [0.25, 0.3) is 0 Å². The van der Waals surface area contributed by atoms with Crippen LogP contribution in [0.25, 0.3) is 0 Å². The molecule has 18 heavy (non-hydrogen) atoms. The average Bonchev–Trinajstić information content (AvgIpc) is 2.32. The standard InChI is InChI=1S/C14H11ClF2O/c15-12-8-10(16)5-6-11(12)14(18)7-9-3-1-2-4-13(9)17/h1-6,8,14,18H,7H2. The van der Waals surface area contributed by atoms with Crippen LogP contribution < -0.4 is 0 Å². The molecule has 0 fully saturated rings. The molecule has 0 saturated carbocycles. The minimum Gasteiger partial charge on any atom is -0.388 e. The van der Waals surface area contributed by atoms with Crippen molar-refractivity contribution in [1.29, 1.82) is 0 Å². The zero-order chi connectivity index (χ0) is 13.1. The molecule has 4 heteroatoms. The van der Waals surface area contributed by atoms with Crippen LogP contribution in [0, 0.1) is 11.6 Å². The lowest BCUT2D eigenvalue weighted by atomic mass is 10.0. The van der Waals surface area contributed by atoms with Gasteiger partial charge in [0.05, 0.1) is 6.10 Å². The van der Waals surface area contributed by atoms with E-state index in [1.54, 1.807) is 18.2 Å². The van der Waals surface area contributed by atoms with Gasteiger partial charge in [-0.1, -0.05) is 35.9 Å². The van der Waals surface area contributed by atoms with Crippen molar-refractivity contribution >= 4 is 11.6 Å². The van der Waals surface area contributed by atoms with Crippen molar-refractivity contribution in [3.8, 4) is 0 Å². The summed E-state index contributed by atoms with van der Waals surface area (Å²) in [6, 6.07) is 9.94. The zero-order valence-corrected chi connectivity index (χ0v) is 10.2. The Bertz CT molecular complexity index is 557. The molecule has 1 unspecified atom stereocenters. The molecule has 0 radical (unpaired) electrons. The largest absolute Gasteiger partial charge is 0.388 e. The highest BCUT2D eigenvalue weighted by atomic mass is 35.5. The van der Waals surface area contributed by atoms with Crippen LogP contribution in [0.15, 0.2) is 42.5 Å². The number of benzene rings is 2. The predicted octanol–water partition coefficient (Wildman–Crippen LogP) is 3.89. The van der Waals surface area contributed by atoms with Gasteiger partial charge in [-0.25, -0.2) is 8.78 Å². The molecule has 0 heterocycles. The number of aliphatic hydroxyl groups excluding tert-OH is 1. The Morgan fingerprint density at radius 2 is 1.83 bits per heavy atom. The maximum atomic E-state index is 13.4. The van der Waals surface area contributed by atoms with E-state index in [9.17, 15) is 13.9 Å². The minimum atomic E-state index is -0.963. The highest BCUT2D eigenvalue weighted by Crippen LogP contribution is 2.27. The molecule has 0 aliphatic heterocycles. The molecule has 0 aliphatic carbocycles. The first-order chi connectivity index (χ1) is 8.58. The Labute approximate surface area is 109 Å². The van der Waals surface area contributed by atoms with Gasteiger partial charge in [-0.2, -0.15) is 0 Å². The zero-order valence-electron chi connectivity index (χ0n) is 9.41. The van der Waals surface area contributed by atoms with Crippen molar-refractivity contribution < 1.29 is 13.9 Å². The minimum absolute atomic E-state index is 0.0953. The second kappa shape index (κ2) is 5.46. The van der Waals surface area contributed by atoms with Crippen LogP contribution in [0.5, 0.6) is 0 Å². The van der Waals surface area contributed by atoms with Crippen molar-refractivity contribution in [2.24, 2.45) is 0 Å². The van der Waals surface area contributed by atoms with Crippen LogP contribution in [0.1, 0.15) is 17.2 Å². The first-order valence-corrected chi connectivity index (χ1v) is 5.82. The third-order valence-corrected chi connectivity index (χ3v) is 3.02. The summed E-state index contributed by atoms with van der Waals surface area (Å²) in [7, 11) is 0. The van der Waals surface area contributed by atoms with Crippen LogP contribution >= 0.6 is 11.6 Å². The topological polar surface area (TPSA) is 20.2 Å². The van der Waals surface area contributed by atoms with Crippen molar-refractivity contribution in [2.45, 2.75) is 12.5 Å². The van der Waals surface area contributed by atoms with Crippen LogP contribution in [0.3, 0.4) is 0 Å². The Hall–Kier alpha value is -1.45. The normalized spacial score (nSPS) is 12.4. The third-order valence-electron chi connectivity index (χ3n) is 2.69. The Kier molecular flexibility index (Phi) is 3.94. The molecule has 2 rings (SSSR count). The molecular formula is C14H11ClF2O. The average molecular weight is 269 g/mol. The third kappa shape index (κ3) is 2.86. The molecule has 0 saturated heterocycles. The van der Waals surface area contributed by atoms with Crippen molar-refractivity contribution in [2.75, 3.05) is 0 Å². The number of hydrogen-bond donors (Lipinski definition) is 1. The van der Waals surface area contributed by atoms with Gasteiger partial charge in [0.1, 0.15) is 11.6 Å². The highest BCUT2D eigenvalue weighted by Gasteiger charge is 2.14. The second-order valence-corrected chi connectivity index (χ2v) is 4.38. The van der Waals surface area contributed by atoms with Crippen molar-refractivity contribution in [1.82, 2.24) is 0 Å². The molecule has 1 N–H and O–H groups in total. The summed E-state index contributed by atoms with van der Waals surface area (Å²) in [6.07, 6.45) is -0.868. The van der Waals surface area contributed by atoms with E-state index in [0.29, 0.717) is 11.1 Å². The van der Waals surface area contributed by atoms with Gasteiger partial charge >= 0.3 is 0 Å². The molecule has 2 aromatic carbocycles. The van der Waals surface area contributed by atoms with E-state index in [1.807, 2.05) is 0 Å². The summed E-state index contributed by atoms with van der Waals surface area (Å²) in [4.78, 5) is 0. The van der Waals surface area contributed by atoms with E-state index in [0.717, 1.165) is 6.07 Å². The summed E-state index contributed by atoms with van der Waals surface area (Å²) in [6.45, 7) is 0. The lowest BCUT2D eigenvalue weighted by Gasteiger charge is -2.13. The Balaban J connectivity index is 2.22. The molecule has 1 nitrogen and oxygen atoms in total. The van der Waals surface area contributed by atoms with Gasteiger partial charge in [-0.05, 0) is 29.3 Å². The first kappa shape index (κ1) is 13.0. The van der Waals surface area contributed by atoms with E-state index in [-0.39, 0.29) is 17.3 Å². The second-order valence-electron chi connectivity index (χ2n) is 3.98. The van der Waals surface area contributed by atoms with Gasteiger partial charge in [-0.15, -0.1) is 0 Å². The lowest BCUT2D eigenvalue weighted by Crippen LogP contribution is -2.04. The molecule has 0 bridgehead atoms. The molecule has 0 aromatic heterocycles. The van der Waals surface area contributed by atoms with Gasteiger partial charge in [0.15, 0.2) is 0 Å². The SMILES string of the molecule is OC(Cc1ccccc1F)c1ccc(F)cc1Cl. The van der Waals surface area contributed by atoms with Crippen LogP contribution in [-0.2, 0) is 6.42 Å². The van der Waals surface area contributed by atoms with E-state index in [4.69, 9.17) is 11.6 Å². The molecule has 94 valence electrons. The smallest absolute Gasteiger partial charge is 0.126 e. The maximum Gasteiger partial charge on any atom is 0.126 e. The molecule has 0 amide bonds. The van der Waals surface area contributed by atoms with Crippen molar-refractivity contribution in [3.63, 3.8) is 0 Å². The molecular weight excluding hydrogens is 258 g/mol. The summed E-state index contributed by atoms with van der Waals surface area (Å²) in [5.41, 5.74) is 0.784. The monoisotopic (exact) mass is 268 g/mol. The van der Waals surface area contributed by atoms with Crippen LogP contribution in [0.2, 0.25) is 5.02 Å². The quantitative estimate of drug-likeness (QED) is 0.895. The van der Waals surface area contributed by atoms with Gasteiger partial charge < -0.3 is 5.11 Å². The predicted molar refractivity (Wildman–Crippen MR) is 66.5 cm³/mol. The summed E-state index contributed by atoms with van der Waals surface area (Å²) in [5, 5.41) is 10.1. The highest BCUT2D eigenvalue weighted by molar-refractivity contribution is 6.31. The Morgan fingerprint density at radius 1 is 1.11 bits per heavy atom. The lowest BCUT2D eigenvalue weighted by molar-refractivity contribution is 0.177. The van der Waals surface area contributed by atoms with Gasteiger partial charge in [-0.3, -0.25) is 0 Å². The fraction of sp³-hybridized carbons (Fsp3) is 0.143. The van der Waals surface area contributed by atoms with E-state index < -0.39 is 11.9 Å². The van der Waals surface area contributed by atoms with Crippen molar-refractivity contribution in [3.05, 3.63) is 70.2 Å². The Morgan fingerprint density at radius 3 is 2.50 bits per heavy atom. The molecule has 0 aliphatic rings. The molecule has 2 aromatic rings. The fourth-order valence-corrected chi connectivity index (χ4v) is 2.05. The summed E-state index contributed by atoms with van der Waals surface area (Å²) >= 11 is 5.84. The maximum absolute atomic E-state index is 13.4. The number of hydrogen-bond acceptors (Lipinski definition) is 1. The molecule has 1 atom stereocenters. The number of halogens is 3. The van der Waals surface area contributed by atoms with Crippen LogP contribution in [-0.4, -0.2) is 5.11 Å². The van der Waals surface area contributed by atoms with E-state index in [2.05, 4.69) is 0 Å². The first-order valence-electron chi connectivity index (χ1n) is 5.44. The van der Waals surface area contributed by atoms with Gasteiger partial charge in [0, 0.05) is 11.4 Å². The summed E-state index contributed by atoms with van der Waals surface area (Å²) < 4.78 is 26.3. The fourth-order valence-electron chi connectivity index (χ4n) is 1.75.